The Balaban J connectivity index is 2.06. The van der Waals surface area contributed by atoms with Crippen molar-refractivity contribution in [2.45, 2.75) is 38.9 Å². The third kappa shape index (κ3) is 3.60. The Hall–Kier alpha value is -2.85. The van der Waals surface area contributed by atoms with Crippen molar-refractivity contribution in [3.8, 4) is 28.3 Å². The van der Waals surface area contributed by atoms with Crippen molar-refractivity contribution in [1.82, 2.24) is 9.38 Å². The van der Waals surface area contributed by atoms with E-state index in [9.17, 15) is 0 Å². The predicted octanol–water partition coefficient (Wildman–Crippen LogP) is 7.05. The van der Waals surface area contributed by atoms with Crippen LogP contribution in [-0.4, -0.2) is 17.7 Å². The second kappa shape index (κ2) is 8.25. The molecule has 2 aromatic carbocycles. The maximum Gasteiger partial charge on any atom is 0.252 e. The molecule has 0 unspecified atom stereocenters. The molecule has 0 spiro atoms. The summed E-state index contributed by atoms with van der Waals surface area (Å²) in [6.45, 7) is 6.81. The Morgan fingerprint density at radius 2 is 1.34 bits per heavy atom. The second-order valence-electron chi connectivity index (χ2n) is 7.45. The molecule has 148 valence electrons. The number of nitrogens with zero attached hydrogens (tertiary/aromatic N) is 2. The highest BCUT2D eigenvalue weighted by molar-refractivity contribution is 6.74. The van der Waals surface area contributed by atoms with Crippen LogP contribution < -0.4 is 4.43 Å². The standard InChI is InChI=1S/C25H28N2OSi/c1-4-29(5-2,6-3)28-25-23(20-14-9-7-10-15-20)24(21-16-11-8-12-17-21)26-22-18-13-19-27(22)25/h7-19H,4-6H2,1-3H3. The zero-order valence-electron chi connectivity index (χ0n) is 17.4. The van der Waals surface area contributed by atoms with Crippen molar-refractivity contribution in [2.24, 2.45) is 0 Å². The predicted molar refractivity (Wildman–Crippen MR) is 124 cm³/mol. The summed E-state index contributed by atoms with van der Waals surface area (Å²) in [5.74, 6) is 0.933. The van der Waals surface area contributed by atoms with Crippen molar-refractivity contribution >= 4 is 14.0 Å². The Labute approximate surface area is 174 Å². The van der Waals surface area contributed by atoms with Crippen molar-refractivity contribution in [3.63, 3.8) is 0 Å². The lowest BCUT2D eigenvalue weighted by Crippen LogP contribution is -2.40. The van der Waals surface area contributed by atoms with Crippen LogP contribution in [0.4, 0.5) is 0 Å². The van der Waals surface area contributed by atoms with Gasteiger partial charge < -0.3 is 4.43 Å². The second-order valence-corrected chi connectivity index (χ2v) is 12.1. The Bertz CT molecular complexity index is 1080. The molecule has 29 heavy (non-hydrogen) atoms. The van der Waals surface area contributed by atoms with Crippen LogP contribution in [0.25, 0.3) is 28.0 Å². The van der Waals surface area contributed by atoms with Gasteiger partial charge in [0.2, 0.25) is 0 Å². The van der Waals surface area contributed by atoms with E-state index in [-0.39, 0.29) is 0 Å². The molecule has 4 aromatic rings. The SMILES string of the molecule is CC[Si](CC)(CC)Oc1c(-c2ccccc2)c(-c2ccccc2)nc2cccn12. The van der Waals surface area contributed by atoms with Crippen molar-refractivity contribution in [1.29, 1.82) is 0 Å². The first kappa shape index (κ1) is 19.5. The van der Waals surface area contributed by atoms with E-state index in [1.165, 1.54) is 0 Å². The minimum absolute atomic E-state index is 0.921. The first-order valence-corrected chi connectivity index (χ1v) is 13.0. The van der Waals surface area contributed by atoms with Gasteiger partial charge in [-0.15, -0.1) is 0 Å². The van der Waals surface area contributed by atoms with Gasteiger partial charge in [0.15, 0.2) is 5.88 Å². The van der Waals surface area contributed by atoms with Gasteiger partial charge in [-0.1, -0.05) is 81.4 Å². The van der Waals surface area contributed by atoms with E-state index in [4.69, 9.17) is 9.41 Å². The van der Waals surface area contributed by atoms with Crippen LogP contribution in [-0.2, 0) is 0 Å². The maximum absolute atomic E-state index is 7.03. The van der Waals surface area contributed by atoms with Crippen LogP contribution in [0.3, 0.4) is 0 Å². The van der Waals surface area contributed by atoms with E-state index in [1.807, 2.05) is 12.1 Å². The third-order valence-corrected chi connectivity index (χ3v) is 10.5. The number of rotatable bonds is 7. The molecular weight excluding hydrogens is 372 g/mol. The largest absolute Gasteiger partial charge is 0.531 e. The molecule has 0 saturated heterocycles. The smallest absolute Gasteiger partial charge is 0.252 e. The summed E-state index contributed by atoms with van der Waals surface area (Å²) < 4.78 is 9.15. The van der Waals surface area contributed by atoms with E-state index in [2.05, 4.69) is 92.0 Å². The molecule has 0 radical (unpaired) electrons. The molecule has 0 aliphatic heterocycles. The summed E-state index contributed by atoms with van der Waals surface area (Å²) in [5.41, 5.74) is 5.22. The molecule has 4 rings (SSSR count). The Morgan fingerprint density at radius 3 is 1.93 bits per heavy atom. The lowest BCUT2D eigenvalue weighted by atomic mass is 10.00. The van der Waals surface area contributed by atoms with Gasteiger partial charge in [-0.05, 0) is 35.8 Å². The number of hydrogen-bond donors (Lipinski definition) is 0. The monoisotopic (exact) mass is 400 g/mol. The molecule has 2 aromatic heterocycles. The first-order chi connectivity index (χ1) is 14.2. The van der Waals surface area contributed by atoms with E-state index in [0.29, 0.717) is 0 Å². The summed E-state index contributed by atoms with van der Waals surface area (Å²) >= 11 is 0. The van der Waals surface area contributed by atoms with Crippen molar-refractivity contribution in [3.05, 3.63) is 79.0 Å². The van der Waals surface area contributed by atoms with Crippen LogP contribution >= 0.6 is 0 Å². The summed E-state index contributed by atoms with van der Waals surface area (Å²) in [5, 5.41) is 0. The number of aromatic nitrogens is 2. The van der Waals surface area contributed by atoms with E-state index in [1.54, 1.807) is 0 Å². The topological polar surface area (TPSA) is 26.5 Å². The highest BCUT2D eigenvalue weighted by atomic mass is 28.4. The molecular formula is C25H28N2OSi. The van der Waals surface area contributed by atoms with Gasteiger partial charge >= 0.3 is 0 Å². The zero-order chi connectivity index (χ0) is 20.3. The molecule has 0 bridgehead atoms. The number of fused-ring (bicyclic) bond motifs is 1. The molecule has 0 amide bonds. The van der Waals surface area contributed by atoms with Gasteiger partial charge in [-0.25, -0.2) is 4.98 Å². The number of benzene rings is 2. The zero-order valence-corrected chi connectivity index (χ0v) is 18.4. The fourth-order valence-corrected chi connectivity index (χ4v) is 6.51. The van der Waals surface area contributed by atoms with Gasteiger partial charge in [0.05, 0.1) is 11.3 Å². The highest BCUT2D eigenvalue weighted by Crippen LogP contribution is 2.41. The van der Waals surface area contributed by atoms with Gasteiger partial charge in [0.25, 0.3) is 8.32 Å². The van der Waals surface area contributed by atoms with E-state index in [0.717, 1.165) is 52.0 Å². The molecule has 2 heterocycles. The Morgan fingerprint density at radius 1 is 0.759 bits per heavy atom. The minimum Gasteiger partial charge on any atom is -0.531 e. The minimum atomic E-state index is -1.89. The van der Waals surface area contributed by atoms with Crippen LogP contribution in [0.15, 0.2) is 79.0 Å². The quantitative estimate of drug-likeness (QED) is 0.311. The van der Waals surface area contributed by atoms with Crippen molar-refractivity contribution in [2.75, 3.05) is 0 Å². The van der Waals surface area contributed by atoms with Gasteiger partial charge in [-0.3, -0.25) is 4.40 Å². The molecule has 0 fully saturated rings. The summed E-state index contributed by atoms with van der Waals surface area (Å²) in [4.78, 5) is 5.05. The summed E-state index contributed by atoms with van der Waals surface area (Å²) in [7, 11) is -1.89. The summed E-state index contributed by atoms with van der Waals surface area (Å²) in [6, 6.07) is 28.3. The first-order valence-electron chi connectivity index (χ1n) is 10.5. The molecule has 0 aliphatic rings. The average molecular weight is 401 g/mol. The number of hydrogen-bond acceptors (Lipinski definition) is 2. The molecule has 0 N–H and O–H groups in total. The van der Waals surface area contributed by atoms with Gasteiger partial charge in [-0.2, -0.15) is 0 Å². The lowest BCUT2D eigenvalue weighted by molar-refractivity contribution is 0.505. The third-order valence-electron chi connectivity index (χ3n) is 5.98. The fourth-order valence-electron chi connectivity index (χ4n) is 3.97. The normalized spacial score (nSPS) is 11.7. The van der Waals surface area contributed by atoms with Crippen LogP contribution in [0.5, 0.6) is 5.88 Å². The average Bonchev–Trinajstić information content (AvgIpc) is 3.27. The fraction of sp³-hybridized carbons (Fsp3) is 0.240. The van der Waals surface area contributed by atoms with E-state index >= 15 is 0 Å². The van der Waals surface area contributed by atoms with Gasteiger partial charge in [0, 0.05) is 11.8 Å². The lowest BCUT2D eigenvalue weighted by Gasteiger charge is -2.31. The molecule has 4 heteroatoms. The Kier molecular flexibility index (Phi) is 5.54. The van der Waals surface area contributed by atoms with Crippen LogP contribution in [0, 0.1) is 0 Å². The molecule has 0 atom stereocenters. The van der Waals surface area contributed by atoms with Crippen LogP contribution in [0.2, 0.25) is 18.1 Å². The summed E-state index contributed by atoms with van der Waals surface area (Å²) in [6.07, 6.45) is 2.07. The molecule has 0 aliphatic carbocycles. The maximum atomic E-state index is 7.03. The van der Waals surface area contributed by atoms with Crippen LogP contribution in [0.1, 0.15) is 20.8 Å². The van der Waals surface area contributed by atoms with E-state index < -0.39 is 8.32 Å². The van der Waals surface area contributed by atoms with Crippen molar-refractivity contribution < 1.29 is 4.43 Å². The molecule has 3 nitrogen and oxygen atoms in total. The molecule has 0 saturated carbocycles. The highest BCUT2D eigenvalue weighted by Gasteiger charge is 2.33. The van der Waals surface area contributed by atoms with Gasteiger partial charge in [0.1, 0.15) is 5.65 Å².